The summed E-state index contributed by atoms with van der Waals surface area (Å²) in [4.78, 5) is 9.52. The van der Waals surface area contributed by atoms with Crippen molar-refractivity contribution in [3.63, 3.8) is 0 Å². The van der Waals surface area contributed by atoms with E-state index < -0.39 is 0 Å². The van der Waals surface area contributed by atoms with Gasteiger partial charge in [0.1, 0.15) is 10.6 Å². The molecule has 98 valence electrons. The molecule has 0 aliphatic rings. The van der Waals surface area contributed by atoms with Gasteiger partial charge in [0.15, 0.2) is 0 Å². The number of nitrogen functional groups attached to an aromatic ring is 1. The Morgan fingerprint density at radius 1 is 1.37 bits per heavy atom. The molecule has 8 heteroatoms. The predicted molar refractivity (Wildman–Crippen MR) is 76.5 cm³/mol. The van der Waals surface area contributed by atoms with Crippen LogP contribution in [0.25, 0.3) is 10.2 Å². The summed E-state index contributed by atoms with van der Waals surface area (Å²) < 4.78 is 1.76. The molecule has 3 aromatic heterocycles. The van der Waals surface area contributed by atoms with Gasteiger partial charge in [0.2, 0.25) is 5.95 Å². The average molecular weight is 275 g/mol. The number of anilines is 3. The van der Waals surface area contributed by atoms with E-state index in [0.29, 0.717) is 5.95 Å². The van der Waals surface area contributed by atoms with Crippen molar-refractivity contribution in [2.45, 2.75) is 6.92 Å². The van der Waals surface area contributed by atoms with Gasteiger partial charge in [0.25, 0.3) is 0 Å². The van der Waals surface area contributed by atoms with E-state index in [2.05, 4.69) is 25.8 Å². The quantitative estimate of drug-likeness (QED) is 0.498. The van der Waals surface area contributed by atoms with Gasteiger partial charge in [-0.05, 0) is 18.4 Å². The number of aromatic nitrogens is 4. The van der Waals surface area contributed by atoms with E-state index in [1.54, 1.807) is 16.0 Å². The van der Waals surface area contributed by atoms with Gasteiger partial charge >= 0.3 is 0 Å². The number of nitrogens with one attached hydrogen (secondary N) is 2. The lowest BCUT2D eigenvalue weighted by molar-refractivity contribution is 0.756. The molecule has 0 aliphatic heterocycles. The Morgan fingerprint density at radius 3 is 2.89 bits per heavy atom. The fraction of sp³-hybridized carbons (Fsp3) is 0.182. The number of nitrogens with zero attached hydrogens (tertiary/aromatic N) is 4. The number of hydrazine groups is 1. The highest BCUT2D eigenvalue weighted by atomic mass is 32.1. The Hall–Kier alpha value is -2.19. The third-order valence-electron chi connectivity index (χ3n) is 2.72. The first kappa shape index (κ1) is 11.9. The number of hydrogen-bond donors (Lipinski definition) is 3. The summed E-state index contributed by atoms with van der Waals surface area (Å²) >= 11 is 1.54. The van der Waals surface area contributed by atoms with Crippen molar-refractivity contribution in [3.05, 3.63) is 23.3 Å². The van der Waals surface area contributed by atoms with Crippen molar-refractivity contribution >= 4 is 39.0 Å². The fourth-order valence-corrected chi connectivity index (χ4v) is 2.63. The lowest BCUT2D eigenvalue weighted by Gasteiger charge is -2.07. The summed E-state index contributed by atoms with van der Waals surface area (Å²) in [5, 5.41) is 10.5. The molecule has 3 rings (SSSR count). The molecule has 0 radical (unpaired) electrons. The molecule has 19 heavy (non-hydrogen) atoms. The highest BCUT2D eigenvalue weighted by Gasteiger charge is 2.11. The summed E-state index contributed by atoms with van der Waals surface area (Å²) in [5.74, 6) is 6.50. The molecule has 0 fully saturated rings. The van der Waals surface area contributed by atoms with Crippen molar-refractivity contribution in [1.82, 2.24) is 19.7 Å². The summed E-state index contributed by atoms with van der Waals surface area (Å²) in [7, 11) is 1.88. The van der Waals surface area contributed by atoms with Gasteiger partial charge in [0.05, 0.1) is 16.8 Å². The largest absolute Gasteiger partial charge is 0.337 e. The van der Waals surface area contributed by atoms with Crippen LogP contribution in [0.4, 0.5) is 17.5 Å². The van der Waals surface area contributed by atoms with Crippen LogP contribution < -0.4 is 16.6 Å². The summed E-state index contributed by atoms with van der Waals surface area (Å²) in [6, 6.07) is 1.98. The van der Waals surface area contributed by atoms with Crippen molar-refractivity contribution in [2.75, 3.05) is 10.7 Å². The molecule has 0 atom stereocenters. The summed E-state index contributed by atoms with van der Waals surface area (Å²) in [6.45, 7) is 1.94. The van der Waals surface area contributed by atoms with E-state index in [1.807, 2.05) is 31.6 Å². The topological polar surface area (TPSA) is 93.7 Å². The van der Waals surface area contributed by atoms with Crippen LogP contribution in [0.3, 0.4) is 0 Å². The normalized spacial score (nSPS) is 10.9. The van der Waals surface area contributed by atoms with Crippen molar-refractivity contribution in [3.8, 4) is 0 Å². The molecular weight excluding hydrogens is 262 g/mol. The monoisotopic (exact) mass is 275 g/mol. The van der Waals surface area contributed by atoms with Crippen LogP contribution in [0.15, 0.2) is 17.6 Å². The Kier molecular flexibility index (Phi) is 2.80. The van der Waals surface area contributed by atoms with E-state index in [9.17, 15) is 0 Å². The molecule has 0 saturated carbocycles. The predicted octanol–water partition coefficient (Wildman–Crippen LogP) is 1.76. The molecule has 3 aromatic rings. The molecule has 0 bridgehead atoms. The highest BCUT2D eigenvalue weighted by Crippen LogP contribution is 2.29. The third kappa shape index (κ3) is 2.11. The Labute approximate surface area is 113 Å². The SMILES string of the molecule is Cc1nn(C)cc1Nc1nc(NN)nc2sccc12. The summed E-state index contributed by atoms with van der Waals surface area (Å²) in [5.41, 5.74) is 4.30. The van der Waals surface area contributed by atoms with Crippen molar-refractivity contribution < 1.29 is 0 Å². The minimum atomic E-state index is 0.388. The molecule has 7 nitrogen and oxygen atoms in total. The third-order valence-corrected chi connectivity index (χ3v) is 3.53. The maximum absolute atomic E-state index is 5.39. The highest BCUT2D eigenvalue weighted by molar-refractivity contribution is 7.16. The molecule has 0 spiro atoms. The van der Waals surface area contributed by atoms with Crippen LogP contribution in [-0.2, 0) is 7.05 Å². The number of rotatable bonds is 3. The number of hydrogen-bond acceptors (Lipinski definition) is 7. The lowest BCUT2D eigenvalue weighted by Crippen LogP contribution is -2.11. The maximum atomic E-state index is 5.39. The first-order valence-corrected chi connectivity index (χ1v) is 6.54. The zero-order chi connectivity index (χ0) is 13.4. The lowest BCUT2D eigenvalue weighted by atomic mass is 10.3. The zero-order valence-electron chi connectivity index (χ0n) is 10.5. The Balaban J connectivity index is 2.08. The number of nitrogens with two attached hydrogens (primary N) is 1. The standard InChI is InChI=1S/C11H13N7S/c1-6-8(5-18(2)17-6)13-9-7-3-4-19-10(7)15-11(14-9)16-12/h3-5H,12H2,1-2H3,(H2,13,14,15,16). The van der Waals surface area contributed by atoms with Crippen LogP contribution in [-0.4, -0.2) is 19.7 Å². The van der Waals surface area contributed by atoms with E-state index in [4.69, 9.17) is 5.84 Å². The van der Waals surface area contributed by atoms with Gasteiger partial charge < -0.3 is 5.32 Å². The molecule has 0 unspecified atom stereocenters. The zero-order valence-corrected chi connectivity index (χ0v) is 11.3. The van der Waals surface area contributed by atoms with Gasteiger partial charge in [-0.25, -0.2) is 10.8 Å². The first-order chi connectivity index (χ1) is 9.17. The molecule has 3 heterocycles. The molecule has 0 saturated heterocycles. The first-order valence-electron chi connectivity index (χ1n) is 5.66. The molecule has 0 aliphatic carbocycles. The minimum absolute atomic E-state index is 0.388. The second-order valence-corrected chi connectivity index (χ2v) is 5.00. The second-order valence-electron chi connectivity index (χ2n) is 4.11. The van der Waals surface area contributed by atoms with Crippen LogP contribution in [0, 0.1) is 6.92 Å². The molecule has 0 aromatic carbocycles. The maximum Gasteiger partial charge on any atom is 0.240 e. The molecular formula is C11H13N7S. The van der Waals surface area contributed by atoms with Gasteiger partial charge in [-0.1, -0.05) is 0 Å². The van der Waals surface area contributed by atoms with Crippen molar-refractivity contribution in [1.29, 1.82) is 0 Å². The van der Waals surface area contributed by atoms with E-state index in [0.717, 1.165) is 27.4 Å². The van der Waals surface area contributed by atoms with Crippen LogP contribution in [0.2, 0.25) is 0 Å². The second kappa shape index (κ2) is 4.48. The average Bonchev–Trinajstić information content (AvgIpc) is 2.96. The molecule has 4 N–H and O–H groups in total. The van der Waals surface area contributed by atoms with Crippen molar-refractivity contribution in [2.24, 2.45) is 12.9 Å². The number of fused-ring (bicyclic) bond motifs is 1. The number of thiophene rings is 1. The summed E-state index contributed by atoms with van der Waals surface area (Å²) in [6.07, 6.45) is 1.91. The Morgan fingerprint density at radius 2 is 2.21 bits per heavy atom. The fourth-order valence-electron chi connectivity index (χ4n) is 1.87. The number of aryl methyl sites for hydroxylation is 2. The van der Waals surface area contributed by atoms with E-state index in [1.165, 1.54) is 0 Å². The van der Waals surface area contributed by atoms with Crippen LogP contribution >= 0.6 is 11.3 Å². The van der Waals surface area contributed by atoms with Crippen LogP contribution in [0.5, 0.6) is 0 Å². The van der Waals surface area contributed by atoms with Crippen LogP contribution in [0.1, 0.15) is 5.69 Å². The van der Waals surface area contributed by atoms with E-state index in [-0.39, 0.29) is 0 Å². The van der Waals surface area contributed by atoms with Gasteiger partial charge in [-0.15, -0.1) is 11.3 Å². The Bertz CT molecular complexity index is 730. The van der Waals surface area contributed by atoms with Gasteiger partial charge in [-0.3, -0.25) is 10.1 Å². The molecule has 0 amide bonds. The van der Waals surface area contributed by atoms with E-state index >= 15 is 0 Å². The smallest absolute Gasteiger partial charge is 0.240 e. The van der Waals surface area contributed by atoms with Gasteiger partial charge in [-0.2, -0.15) is 10.1 Å². The minimum Gasteiger partial charge on any atom is -0.337 e. The van der Waals surface area contributed by atoms with Gasteiger partial charge in [0, 0.05) is 13.2 Å².